The Morgan fingerprint density at radius 1 is 1.24 bits per heavy atom. The fourth-order valence-electron chi connectivity index (χ4n) is 2.61. The van der Waals surface area contributed by atoms with E-state index in [1.165, 1.54) is 6.07 Å². The summed E-state index contributed by atoms with van der Waals surface area (Å²) in [5.41, 5.74) is 7.51. The standard InChI is InChI=1S/C15H18N4O2/c16-9-15(6-1-7-15)14(21)17-11-4-2-10(3-5-11)12-8-13(20)19-18-12/h2-5,8H,1,6-7,9,16H2,(H,17,21)(H2,18,19,20). The third-order valence-corrected chi connectivity index (χ3v) is 4.23. The van der Waals surface area contributed by atoms with Crippen LogP contribution < -0.4 is 16.6 Å². The summed E-state index contributed by atoms with van der Waals surface area (Å²) in [4.78, 5) is 23.4. The lowest BCUT2D eigenvalue weighted by Gasteiger charge is -2.39. The average Bonchev–Trinajstić information content (AvgIpc) is 2.86. The number of nitrogens with two attached hydrogens (primary N) is 1. The van der Waals surface area contributed by atoms with Crippen LogP contribution in [0.5, 0.6) is 0 Å². The Kier molecular flexibility index (Phi) is 3.39. The van der Waals surface area contributed by atoms with E-state index in [4.69, 9.17) is 5.73 Å². The van der Waals surface area contributed by atoms with Crippen molar-refractivity contribution >= 4 is 11.6 Å². The first-order chi connectivity index (χ1) is 10.1. The summed E-state index contributed by atoms with van der Waals surface area (Å²) in [6.45, 7) is 0.390. The van der Waals surface area contributed by atoms with Crippen LogP contribution in [-0.4, -0.2) is 22.6 Å². The van der Waals surface area contributed by atoms with Gasteiger partial charge in [0.05, 0.1) is 11.1 Å². The number of anilines is 1. The van der Waals surface area contributed by atoms with E-state index >= 15 is 0 Å². The number of hydrogen-bond acceptors (Lipinski definition) is 3. The van der Waals surface area contributed by atoms with Crippen molar-refractivity contribution in [2.24, 2.45) is 11.1 Å². The van der Waals surface area contributed by atoms with Gasteiger partial charge in [-0.1, -0.05) is 18.6 Å². The van der Waals surface area contributed by atoms with E-state index in [0.717, 1.165) is 36.2 Å². The van der Waals surface area contributed by atoms with Crippen LogP contribution in [0.4, 0.5) is 5.69 Å². The molecule has 1 aromatic carbocycles. The van der Waals surface area contributed by atoms with Gasteiger partial charge >= 0.3 is 0 Å². The summed E-state index contributed by atoms with van der Waals surface area (Å²) in [5.74, 6) is -0.000878. The van der Waals surface area contributed by atoms with Gasteiger partial charge in [-0.05, 0) is 30.5 Å². The van der Waals surface area contributed by atoms with Crippen molar-refractivity contribution in [3.05, 3.63) is 40.7 Å². The van der Waals surface area contributed by atoms with Gasteiger partial charge in [0.25, 0.3) is 5.56 Å². The minimum Gasteiger partial charge on any atom is -0.329 e. The maximum absolute atomic E-state index is 12.3. The Labute approximate surface area is 121 Å². The molecule has 6 nitrogen and oxygen atoms in total. The monoisotopic (exact) mass is 286 g/mol. The van der Waals surface area contributed by atoms with Crippen LogP contribution in [0.1, 0.15) is 19.3 Å². The molecule has 1 aromatic heterocycles. The minimum absolute atomic E-state index is 0.000878. The van der Waals surface area contributed by atoms with Crippen molar-refractivity contribution in [2.75, 3.05) is 11.9 Å². The van der Waals surface area contributed by atoms with E-state index < -0.39 is 0 Å². The molecule has 110 valence electrons. The number of nitrogens with one attached hydrogen (secondary N) is 3. The van der Waals surface area contributed by atoms with Gasteiger partial charge in [-0.15, -0.1) is 0 Å². The molecule has 0 atom stereocenters. The normalized spacial score (nSPS) is 16.2. The number of hydrogen-bond donors (Lipinski definition) is 4. The largest absolute Gasteiger partial charge is 0.329 e. The molecule has 6 heteroatoms. The second-order valence-electron chi connectivity index (χ2n) is 5.54. The molecule has 0 saturated heterocycles. The molecule has 0 spiro atoms. The predicted octanol–water partition coefficient (Wildman–Crippen LogP) is 1.44. The minimum atomic E-state index is -0.384. The summed E-state index contributed by atoms with van der Waals surface area (Å²) in [6.07, 6.45) is 2.78. The fourth-order valence-corrected chi connectivity index (χ4v) is 2.61. The molecule has 1 heterocycles. The molecule has 0 bridgehead atoms. The Hall–Kier alpha value is -2.34. The van der Waals surface area contributed by atoms with Gasteiger partial charge in [0, 0.05) is 18.3 Å². The molecule has 3 rings (SSSR count). The molecule has 1 aliphatic carbocycles. The van der Waals surface area contributed by atoms with Crippen molar-refractivity contribution in [3.63, 3.8) is 0 Å². The first-order valence-corrected chi connectivity index (χ1v) is 7.03. The molecule has 5 N–H and O–H groups in total. The first-order valence-electron chi connectivity index (χ1n) is 7.03. The Balaban J connectivity index is 1.73. The molecule has 21 heavy (non-hydrogen) atoms. The highest BCUT2D eigenvalue weighted by Crippen LogP contribution is 2.40. The van der Waals surface area contributed by atoms with Gasteiger partial charge in [-0.3, -0.25) is 19.8 Å². The van der Waals surface area contributed by atoms with Crippen LogP contribution in [0.3, 0.4) is 0 Å². The predicted molar refractivity (Wildman–Crippen MR) is 80.8 cm³/mol. The van der Waals surface area contributed by atoms with E-state index in [1.807, 2.05) is 24.3 Å². The number of carbonyl (C=O) groups is 1. The van der Waals surface area contributed by atoms with Crippen molar-refractivity contribution < 1.29 is 4.79 Å². The van der Waals surface area contributed by atoms with Crippen LogP contribution >= 0.6 is 0 Å². The number of rotatable bonds is 4. The van der Waals surface area contributed by atoms with E-state index in [1.54, 1.807) is 0 Å². The summed E-state index contributed by atoms with van der Waals surface area (Å²) >= 11 is 0. The summed E-state index contributed by atoms with van der Waals surface area (Å²) in [5, 5.41) is 8.21. The van der Waals surface area contributed by atoms with Gasteiger partial charge in [0.1, 0.15) is 0 Å². The van der Waals surface area contributed by atoms with Gasteiger partial charge in [0.2, 0.25) is 5.91 Å². The summed E-state index contributed by atoms with van der Waals surface area (Å²) < 4.78 is 0. The zero-order valence-corrected chi connectivity index (χ0v) is 11.6. The van der Waals surface area contributed by atoms with Crippen LogP contribution in [0, 0.1) is 5.41 Å². The number of aromatic nitrogens is 2. The first kappa shape index (κ1) is 13.6. The topological polar surface area (TPSA) is 104 Å². The van der Waals surface area contributed by atoms with E-state index in [9.17, 15) is 9.59 Å². The van der Waals surface area contributed by atoms with Crippen LogP contribution in [-0.2, 0) is 4.79 Å². The van der Waals surface area contributed by atoms with Gasteiger partial charge in [-0.2, -0.15) is 0 Å². The second-order valence-corrected chi connectivity index (χ2v) is 5.54. The van der Waals surface area contributed by atoms with Gasteiger partial charge < -0.3 is 11.1 Å². The zero-order chi connectivity index (χ0) is 14.9. The van der Waals surface area contributed by atoms with E-state index in [2.05, 4.69) is 15.5 Å². The maximum Gasteiger partial charge on any atom is 0.264 e. The lowest BCUT2D eigenvalue weighted by atomic mass is 9.68. The number of benzene rings is 1. The Morgan fingerprint density at radius 3 is 2.43 bits per heavy atom. The quantitative estimate of drug-likeness (QED) is 0.683. The summed E-state index contributed by atoms with van der Waals surface area (Å²) in [6, 6.07) is 8.84. The van der Waals surface area contributed by atoms with Crippen LogP contribution in [0.25, 0.3) is 11.3 Å². The smallest absolute Gasteiger partial charge is 0.264 e. The second kappa shape index (κ2) is 5.21. The Bertz CT molecular complexity index is 689. The van der Waals surface area contributed by atoms with Crippen LogP contribution in [0.2, 0.25) is 0 Å². The highest BCUT2D eigenvalue weighted by molar-refractivity contribution is 5.96. The number of carbonyl (C=O) groups excluding carboxylic acids is 1. The highest BCUT2D eigenvalue weighted by Gasteiger charge is 2.42. The molecule has 1 saturated carbocycles. The third kappa shape index (κ3) is 2.50. The molecular weight excluding hydrogens is 268 g/mol. The van der Waals surface area contributed by atoms with Crippen molar-refractivity contribution in [2.45, 2.75) is 19.3 Å². The summed E-state index contributed by atoms with van der Waals surface area (Å²) in [7, 11) is 0. The lowest BCUT2D eigenvalue weighted by molar-refractivity contribution is -0.129. The van der Waals surface area contributed by atoms with Crippen molar-refractivity contribution in [1.29, 1.82) is 0 Å². The highest BCUT2D eigenvalue weighted by atomic mass is 16.2. The number of aromatic amines is 2. The van der Waals surface area contributed by atoms with Crippen molar-refractivity contribution in [3.8, 4) is 11.3 Å². The third-order valence-electron chi connectivity index (χ3n) is 4.23. The maximum atomic E-state index is 12.3. The molecular formula is C15H18N4O2. The number of amides is 1. The van der Waals surface area contributed by atoms with Gasteiger partial charge in [-0.25, -0.2) is 0 Å². The Morgan fingerprint density at radius 2 is 1.95 bits per heavy atom. The number of H-pyrrole nitrogens is 2. The SMILES string of the molecule is NCC1(C(=O)Nc2ccc(-c3cc(=O)[nH][nH]3)cc2)CCC1. The molecule has 0 aliphatic heterocycles. The van der Waals surface area contributed by atoms with E-state index in [-0.39, 0.29) is 16.9 Å². The lowest BCUT2D eigenvalue weighted by Crippen LogP contribution is -2.47. The fraction of sp³-hybridized carbons (Fsp3) is 0.333. The molecule has 1 aliphatic rings. The average molecular weight is 286 g/mol. The molecule has 0 radical (unpaired) electrons. The van der Waals surface area contributed by atoms with E-state index in [0.29, 0.717) is 6.54 Å². The van der Waals surface area contributed by atoms with Crippen LogP contribution in [0.15, 0.2) is 35.1 Å². The molecule has 1 fully saturated rings. The molecule has 2 aromatic rings. The molecule has 0 unspecified atom stereocenters. The molecule has 1 amide bonds. The van der Waals surface area contributed by atoms with Crippen molar-refractivity contribution in [1.82, 2.24) is 10.2 Å². The zero-order valence-electron chi connectivity index (χ0n) is 11.6. The van der Waals surface area contributed by atoms with Gasteiger partial charge in [0.15, 0.2) is 0 Å².